The first-order valence-corrected chi connectivity index (χ1v) is 4.83. The molecule has 0 atom stereocenters. The van der Waals surface area contributed by atoms with Gasteiger partial charge in [0.2, 0.25) is 0 Å². The number of carboxylic acids is 1. The van der Waals surface area contributed by atoms with Gasteiger partial charge in [0.1, 0.15) is 0 Å². The van der Waals surface area contributed by atoms with Crippen molar-refractivity contribution in [2.75, 3.05) is 0 Å². The Labute approximate surface area is 94.0 Å². The van der Waals surface area contributed by atoms with E-state index < -0.39 is 10.9 Å². The molecule has 1 aromatic rings. The maximum Gasteiger partial charge on any atom is 0.336 e. The van der Waals surface area contributed by atoms with Gasteiger partial charge in [-0.25, -0.2) is 4.79 Å². The largest absolute Gasteiger partial charge is 0.478 e. The van der Waals surface area contributed by atoms with E-state index in [0.29, 0.717) is 10.0 Å². The van der Waals surface area contributed by atoms with Crippen LogP contribution in [0.2, 0.25) is 0 Å². The van der Waals surface area contributed by atoms with Crippen LogP contribution in [0.25, 0.3) is 0 Å². The number of nitro groups is 1. The minimum Gasteiger partial charge on any atom is -0.478 e. The van der Waals surface area contributed by atoms with Crippen molar-refractivity contribution in [3.8, 4) is 0 Å². The third-order valence-corrected chi connectivity index (χ3v) is 3.09. The van der Waals surface area contributed by atoms with E-state index in [2.05, 4.69) is 15.9 Å². The molecular formula is C9H8BrNO4. The number of rotatable bonds is 2. The van der Waals surface area contributed by atoms with E-state index in [1.807, 2.05) is 0 Å². The van der Waals surface area contributed by atoms with Gasteiger partial charge in [-0.05, 0) is 41.4 Å². The monoisotopic (exact) mass is 273 g/mol. The van der Waals surface area contributed by atoms with Gasteiger partial charge in [-0.3, -0.25) is 10.1 Å². The number of hydrogen-bond donors (Lipinski definition) is 1. The van der Waals surface area contributed by atoms with E-state index in [-0.39, 0.29) is 16.8 Å². The van der Waals surface area contributed by atoms with Gasteiger partial charge in [-0.1, -0.05) is 0 Å². The Bertz CT molecular complexity index is 456. The van der Waals surface area contributed by atoms with Crippen LogP contribution in [0.4, 0.5) is 5.69 Å². The molecule has 0 aliphatic carbocycles. The van der Waals surface area contributed by atoms with Crippen molar-refractivity contribution in [1.82, 2.24) is 0 Å². The quantitative estimate of drug-likeness (QED) is 0.664. The predicted octanol–water partition coefficient (Wildman–Crippen LogP) is 2.67. The highest BCUT2D eigenvalue weighted by atomic mass is 79.9. The first kappa shape index (κ1) is 11.6. The summed E-state index contributed by atoms with van der Waals surface area (Å²) >= 11 is 3.08. The van der Waals surface area contributed by atoms with Crippen molar-refractivity contribution in [3.05, 3.63) is 37.3 Å². The van der Waals surface area contributed by atoms with Crippen LogP contribution in [0.5, 0.6) is 0 Å². The Kier molecular flexibility index (Phi) is 3.09. The van der Waals surface area contributed by atoms with E-state index in [1.165, 1.54) is 13.0 Å². The molecule has 0 aliphatic heterocycles. The highest BCUT2D eigenvalue weighted by molar-refractivity contribution is 9.10. The Hall–Kier alpha value is -1.43. The third kappa shape index (κ3) is 1.99. The number of halogens is 1. The van der Waals surface area contributed by atoms with Crippen LogP contribution in [0.1, 0.15) is 21.5 Å². The van der Waals surface area contributed by atoms with Crippen LogP contribution in [-0.2, 0) is 0 Å². The number of hydrogen-bond acceptors (Lipinski definition) is 3. The summed E-state index contributed by atoms with van der Waals surface area (Å²) < 4.78 is 0.329. The first-order valence-electron chi connectivity index (χ1n) is 4.03. The lowest BCUT2D eigenvalue weighted by atomic mass is 10.0. The fourth-order valence-corrected chi connectivity index (χ4v) is 1.86. The van der Waals surface area contributed by atoms with Gasteiger partial charge in [-0.2, -0.15) is 0 Å². The second-order valence-corrected chi connectivity index (χ2v) is 3.88. The first-order chi connectivity index (χ1) is 6.86. The van der Waals surface area contributed by atoms with Crippen molar-refractivity contribution in [1.29, 1.82) is 0 Å². The Morgan fingerprint density at radius 3 is 2.47 bits per heavy atom. The van der Waals surface area contributed by atoms with Crippen molar-refractivity contribution in [2.45, 2.75) is 13.8 Å². The van der Waals surface area contributed by atoms with E-state index in [1.54, 1.807) is 6.92 Å². The molecule has 1 rings (SSSR count). The summed E-state index contributed by atoms with van der Waals surface area (Å²) in [5.41, 5.74) is 0.462. The zero-order valence-electron chi connectivity index (χ0n) is 8.07. The van der Waals surface area contributed by atoms with Crippen LogP contribution < -0.4 is 0 Å². The Balaban J connectivity index is 3.63. The molecule has 0 bridgehead atoms. The smallest absolute Gasteiger partial charge is 0.336 e. The van der Waals surface area contributed by atoms with E-state index in [0.717, 1.165) is 0 Å². The van der Waals surface area contributed by atoms with Gasteiger partial charge < -0.3 is 5.11 Å². The van der Waals surface area contributed by atoms with Crippen molar-refractivity contribution in [2.24, 2.45) is 0 Å². The molecule has 0 saturated carbocycles. The molecule has 0 unspecified atom stereocenters. The summed E-state index contributed by atoms with van der Waals surface area (Å²) in [6, 6.07) is 1.41. The number of nitrogens with zero attached hydrogens (tertiary/aromatic N) is 1. The highest BCUT2D eigenvalue weighted by Gasteiger charge is 2.23. The average molecular weight is 274 g/mol. The van der Waals surface area contributed by atoms with Gasteiger partial charge in [0, 0.05) is 5.56 Å². The van der Waals surface area contributed by atoms with Crippen LogP contribution in [0.15, 0.2) is 10.5 Å². The summed E-state index contributed by atoms with van der Waals surface area (Å²) in [4.78, 5) is 21.0. The average Bonchev–Trinajstić information content (AvgIpc) is 2.10. The van der Waals surface area contributed by atoms with Crippen LogP contribution in [0, 0.1) is 24.0 Å². The summed E-state index contributed by atoms with van der Waals surface area (Å²) in [7, 11) is 0. The normalized spacial score (nSPS) is 10.1. The molecule has 5 nitrogen and oxygen atoms in total. The molecule has 15 heavy (non-hydrogen) atoms. The Morgan fingerprint density at radius 1 is 1.53 bits per heavy atom. The molecular weight excluding hydrogens is 266 g/mol. The molecule has 80 valence electrons. The van der Waals surface area contributed by atoms with Crippen molar-refractivity contribution >= 4 is 27.6 Å². The second-order valence-electron chi connectivity index (χ2n) is 3.09. The number of aryl methyl sites for hydroxylation is 1. The van der Waals surface area contributed by atoms with Gasteiger partial charge >= 0.3 is 5.97 Å². The Morgan fingerprint density at radius 2 is 2.07 bits per heavy atom. The SMILES string of the molecule is Cc1cc(C(=O)O)c(C)c([N+](=O)[O-])c1Br. The molecule has 0 heterocycles. The van der Waals surface area contributed by atoms with Crippen molar-refractivity contribution in [3.63, 3.8) is 0 Å². The molecule has 1 aromatic carbocycles. The molecule has 1 N–H and O–H groups in total. The predicted molar refractivity (Wildman–Crippen MR) is 57.2 cm³/mol. The topological polar surface area (TPSA) is 80.4 Å². The fraction of sp³-hybridized carbons (Fsp3) is 0.222. The van der Waals surface area contributed by atoms with Crippen molar-refractivity contribution < 1.29 is 14.8 Å². The second kappa shape index (κ2) is 3.98. The van der Waals surface area contributed by atoms with Gasteiger partial charge in [0.05, 0.1) is 15.0 Å². The minimum absolute atomic E-state index is 0.0394. The zero-order valence-corrected chi connectivity index (χ0v) is 9.66. The minimum atomic E-state index is -1.16. The van der Waals surface area contributed by atoms with Crippen LogP contribution >= 0.6 is 15.9 Å². The summed E-state index contributed by atoms with van der Waals surface area (Å²) in [5, 5.41) is 19.6. The third-order valence-electron chi connectivity index (χ3n) is 2.09. The lowest BCUT2D eigenvalue weighted by molar-refractivity contribution is -0.386. The molecule has 0 amide bonds. The molecule has 0 aromatic heterocycles. The highest BCUT2D eigenvalue weighted by Crippen LogP contribution is 2.33. The fourth-order valence-electron chi connectivity index (χ4n) is 1.31. The molecule has 6 heteroatoms. The molecule has 0 aliphatic rings. The number of aromatic carboxylic acids is 1. The van der Waals surface area contributed by atoms with Gasteiger partial charge in [0.25, 0.3) is 5.69 Å². The maximum atomic E-state index is 10.8. The summed E-state index contributed by atoms with van der Waals surface area (Å²) in [6.07, 6.45) is 0. The summed E-state index contributed by atoms with van der Waals surface area (Å²) in [5.74, 6) is -1.16. The number of carbonyl (C=O) groups is 1. The zero-order chi connectivity index (χ0) is 11.7. The molecule has 0 spiro atoms. The molecule has 0 radical (unpaired) electrons. The van der Waals surface area contributed by atoms with E-state index in [9.17, 15) is 14.9 Å². The lowest BCUT2D eigenvalue weighted by Crippen LogP contribution is -2.05. The lowest BCUT2D eigenvalue weighted by Gasteiger charge is -2.06. The van der Waals surface area contributed by atoms with Gasteiger partial charge in [-0.15, -0.1) is 0 Å². The number of nitro benzene ring substituents is 1. The van der Waals surface area contributed by atoms with Gasteiger partial charge in [0.15, 0.2) is 0 Å². The summed E-state index contributed by atoms with van der Waals surface area (Å²) in [6.45, 7) is 3.04. The standard InChI is InChI=1S/C9H8BrNO4/c1-4-3-6(9(12)13)5(2)8(7(4)10)11(14)15/h3H,1-2H3,(H,12,13). The van der Waals surface area contributed by atoms with E-state index in [4.69, 9.17) is 5.11 Å². The number of carboxylic acid groups (broad SMARTS) is 1. The molecule has 0 saturated heterocycles. The van der Waals surface area contributed by atoms with E-state index >= 15 is 0 Å². The van der Waals surface area contributed by atoms with Crippen LogP contribution in [-0.4, -0.2) is 16.0 Å². The van der Waals surface area contributed by atoms with Crippen LogP contribution in [0.3, 0.4) is 0 Å². The molecule has 0 fully saturated rings. The number of benzene rings is 1. The maximum absolute atomic E-state index is 10.8.